The van der Waals surface area contributed by atoms with Gasteiger partial charge in [-0.15, -0.1) is 0 Å². The summed E-state index contributed by atoms with van der Waals surface area (Å²) in [6, 6.07) is 21.8. The lowest BCUT2D eigenvalue weighted by Gasteiger charge is -2.36. The molecule has 3 atom stereocenters. The first-order valence-corrected chi connectivity index (χ1v) is 15.1. The number of amides is 1. The highest BCUT2D eigenvalue weighted by atomic mass is 35.5. The lowest BCUT2D eigenvalue weighted by Crippen LogP contribution is -2.51. The molecule has 2 fully saturated rings. The van der Waals surface area contributed by atoms with Crippen LogP contribution < -0.4 is 4.74 Å². The summed E-state index contributed by atoms with van der Waals surface area (Å²) >= 11 is 12.4. The third-order valence-corrected chi connectivity index (χ3v) is 8.22. The number of aromatic amines is 1. The van der Waals surface area contributed by atoms with Crippen LogP contribution in [0, 0.1) is 5.92 Å². The monoisotopic (exact) mass is 593 g/mol. The zero-order valence-corrected chi connectivity index (χ0v) is 25.3. The van der Waals surface area contributed by atoms with E-state index in [4.69, 9.17) is 32.8 Å². The van der Waals surface area contributed by atoms with Gasteiger partial charge < -0.3 is 14.6 Å². The minimum Gasteiger partial charge on any atom is -0.488 e. The second kappa shape index (κ2) is 13.3. The van der Waals surface area contributed by atoms with Gasteiger partial charge in [0, 0.05) is 46.8 Å². The molecule has 1 amide bonds. The van der Waals surface area contributed by atoms with Crippen LogP contribution in [0.15, 0.2) is 72.9 Å². The van der Waals surface area contributed by atoms with Crippen LogP contribution >= 0.6 is 23.2 Å². The Kier molecular flexibility index (Phi) is 9.56. The Balaban J connectivity index is 0.00000165. The van der Waals surface area contributed by atoms with E-state index in [0.29, 0.717) is 36.3 Å². The molecule has 1 N–H and O–H groups in total. The highest BCUT2D eigenvalue weighted by Crippen LogP contribution is 2.37. The molecule has 0 saturated carbocycles. The van der Waals surface area contributed by atoms with E-state index in [0.717, 1.165) is 46.2 Å². The van der Waals surface area contributed by atoms with Crippen molar-refractivity contribution < 1.29 is 14.4 Å². The number of hydrogen-bond acceptors (Lipinski definition) is 4. The number of benzene rings is 3. The van der Waals surface area contributed by atoms with Crippen molar-refractivity contribution >= 4 is 40.0 Å². The Hall–Kier alpha value is -3.03. The van der Waals surface area contributed by atoms with Gasteiger partial charge >= 0.3 is 0 Å². The van der Waals surface area contributed by atoms with Gasteiger partial charge in [0.05, 0.1) is 18.1 Å². The molecule has 0 aliphatic carbocycles. The minimum absolute atomic E-state index is 0.0348. The maximum Gasteiger partial charge on any atom is 0.230 e. The topological polar surface area (TPSA) is 57.8 Å². The number of nitrogens with zero attached hydrogens (tertiary/aromatic N) is 2. The van der Waals surface area contributed by atoms with Gasteiger partial charge in [0.15, 0.2) is 0 Å². The average molecular weight is 595 g/mol. The molecule has 6 nitrogen and oxygen atoms in total. The number of piperidine rings is 1. The normalized spacial score (nSPS) is 20.6. The molecular formula is C33H37Cl2N3O3. The number of likely N-dealkylation sites (tertiary alicyclic amines) is 1. The number of H-pyrrole nitrogens is 1. The van der Waals surface area contributed by atoms with Gasteiger partial charge in [-0.1, -0.05) is 73.4 Å². The number of halogens is 2. The Morgan fingerprint density at radius 1 is 1.00 bits per heavy atom. The molecule has 3 aromatic carbocycles. The van der Waals surface area contributed by atoms with Gasteiger partial charge in [-0.2, -0.15) is 5.06 Å². The van der Waals surface area contributed by atoms with Crippen LogP contribution in [0.4, 0.5) is 0 Å². The van der Waals surface area contributed by atoms with Crippen LogP contribution in [0.1, 0.15) is 43.9 Å². The summed E-state index contributed by atoms with van der Waals surface area (Å²) in [6.45, 7) is 8.38. The van der Waals surface area contributed by atoms with Crippen LogP contribution in [-0.2, 0) is 29.2 Å². The zero-order chi connectivity index (χ0) is 28.9. The SMILES string of the molecule is CC.CC1ON(Cc2cc(Cl)cc(Cl)c2)[C@H]2CCN(CCc3c[nH]c4cccc(OCc5ccccc5)c34)C(=O)C12. The van der Waals surface area contributed by atoms with Gasteiger partial charge in [0.1, 0.15) is 12.4 Å². The van der Waals surface area contributed by atoms with Crippen LogP contribution in [0.3, 0.4) is 0 Å². The number of carbonyl (C=O) groups is 1. The molecular weight excluding hydrogens is 557 g/mol. The van der Waals surface area contributed by atoms with Crippen molar-refractivity contribution in [1.82, 2.24) is 14.9 Å². The number of aromatic nitrogens is 1. The first-order valence-electron chi connectivity index (χ1n) is 14.4. The predicted octanol–water partition coefficient (Wildman–Crippen LogP) is 7.68. The number of ether oxygens (including phenoxy) is 1. The Morgan fingerprint density at radius 2 is 1.76 bits per heavy atom. The predicted molar refractivity (Wildman–Crippen MR) is 165 cm³/mol. The Bertz CT molecular complexity index is 1460. The van der Waals surface area contributed by atoms with E-state index >= 15 is 0 Å². The van der Waals surface area contributed by atoms with E-state index < -0.39 is 0 Å². The van der Waals surface area contributed by atoms with Crippen molar-refractivity contribution in [3.63, 3.8) is 0 Å². The third kappa shape index (κ3) is 6.57. The molecule has 4 aromatic rings. The molecule has 2 aliphatic rings. The summed E-state index contributed by atoms with van der Waals surface area (Å²) < 4.78 is 6.22. The Morgan fingerprint density at radius 3 is 2.51 bits per heavy atom. The summed E-state index contributed by atoms with van der Waals surface area (Å²) in [5, 5.41) is 4.22. The van der Waals surface area contributed by atoms with Crippen molar-refractivity contribution in [2.24, 2.45) is 5.92 Å². The Labute approximate surface area is 252 Å². The maximum atomic E-state index is 13.6. The number of nitrogens with one attached hydrogen (secondary N) is 1. The van der Waals surface area contributed by atoms with Crippen molar-refractivity contribution in [2.75, 3.05) is 13.1 Å². The number of fused-ring (bicyclic) bond motifs is 2. The second-order valence-corrected chi connectivity index (χ2v) is 11.3. The summed E-state index contributed by atoms with van der Waals surface area (Å²) in [5.74, 6) is 0.819. The first-order chi connectivity index (χ1) is 20.0. The molecule has 1 aromatic heterocycles. The van der Waals surface area contributed by atoms with E-state index in [9.17, 15) is 4.79 Å². The lowest BCUT2D eigenvalue weighted by molar-refractivity contribution is -0.166. The highest BCUT2D eigenvalue weighted by Gasteiger charge is 2.49. The summed E-state index contributed by atoms with van der Waals surface area (Å²) in [5.41, 5.74) is 4.29. The van der Waals surface area contributed by atoms with Crippen LogP contribution in [0.5, 0.6) is 5.75 Å². The van der Waals surface area contributed by atoms with Gasteiger partial charge in [-0.05, 0) is 66.8 Å². The molecule has 2 unspecified atom stereocenters. The third-order valence-electron chi connectivity index (χ3n) is 7.78. The fourth-order valence-corrected chi connectivity index (χ4v) is 6.51. The summed E-state index contributed by atoms with van der Waals surface area (Å²) in [4.78, 5) is 25.2. The number of carbonyl (C=O) groups excluding carboxylic acids is 1. The highest BCUT2D eigenvalue weighted by molar-refractivity contribution is 6.34. The molecule has 41 heavy (non-hydrogen) atoms. The second-order valence-electron chi connectivity index (χ2n) is 10.4. The van der Waals surface area contributed by atoms with Crippen LogP contribution in [0.2, 0.25) is 10.0 Å². The molecule has 216 valence electrons. The van der Waals surface area contributed by atoms with Crippen molar-refractivity contribution in [3.8, 4) is 5.75 Å². The fourth-order valence-electron chi connectivity index (χ4n) is 5.93. The molecule has 2 aliphatic heterocycles. The van der Waals surface area contributed by atoms with Gasteiger partial charge in [0.25, 0.3) is 0 Å². The first kappa shape index (κ1) is 29.5. The smallest absolute Gasteiger partial charge is 0.230 e. The zero-order valence-electron chi connectivity index (χ0n) is 23.8. The minimum atomic E-state index is -0.193. The molecule has 8 heteroatoms. The number of rotatable bonds is 8. The number of hydrogen-bond donors (Lipinski definition) is 1. The van der Waals surface area contributed by atoms with E-state index in [-0.39, 0.29) is 24.0 Å². The van der Waals surface area contributed by atoms with E-state index in [2.05, 4.69) is 23.2 Å². The quantitative estimate of drug-likeness (QED) is 0.228. The van der Waals surface area contributed by atoms with Crippen molar-refractivity contribution in [1.29, 1.82) is 0 Å². The standard InChI is InChI=1S/C31H31Cl2N3O3.C2H6/c1-20-29-27(36(39-20)18-22-14-24(32)16-25(33)15-22)11-13-35(31(29)37)12-10-23-17-34-26-8-5-9-28(30(23)26)38-19-21-6-3-2-4-7-21;1-2/h2-9,14-17,20,27,29,34H,10-13,18-19H2,1H3;1-2H3/t20?,27-,29?;/m0./s1. The molecule has 0 radical (unpaired) electrons. The average Bonchev–Trinajstić information content (AvgIpc) is 3.53. The molecule has 2 saturated heterocycles. The lowest BCUT2D eigenvalue weighted by atomic mass is 9.88. The van der Waals surface area contributed by atoms with Gasteiger partial charge in [-0.25, -0.2) is 0 Å². The van der Waals surface area contributed by atoms with Crippen LogP contribution in [-0.4, -0.2) is 46.1 Å². The molecule has 3 heterocycles. The summed E-state index contributed by atoms with van der Waals surface area (Å²) in [7, 11) is 0. The van der Waals surface area contributed by atoms with E-state index in [1.165, 1.54) is 0 Å². The van der Waals surface area contributed by atoms with Crippen LogP contribution in [0.25, 0.3) is 10.9 Å². The van der Waals surface area contributed by atoms with E-state index in [1.54, 1.807) is 6.07 Å². The fraction of sp³-hybridized carbons (Fsp3) is 0.364. The van der Waals surface area contributed by atoms with Gasteiger partial charge in [0.2, 0.25) is 5.91 Å². The summed E-state index contributed by atoms with van der Waals surface area (Å²) in [6.07, 6.45) is 3.45. The van der Waals surface area contributed by atoms with Crippen molar-refractivity contribution in [2.45, 2.75) is 58.9 Å². The largest absolute Gasteiger partial charge is 0.488 e. The molecule has 6 rings (SSSR count). The maximum absolute atomic E-state index is 13.6. The van der Waals surface area contributed by atoms with E-state index in [1.807, 2.05) is 79.4 Å². The molecule has 0 bridgehead atoms. The van der Waals surface area contributed by atoms with Gasteiger partial charge in [-0.3, -0.25) is 9.63 Å². The molecule has 0 spiro atoms. The van der Waals surface area contributed by atoms with Crippen molar-refractivity contribution in [3.05, 3.63) is 99.7 Å². The number of hydroxylamine groups is 2.